The van der Waals surface area contributed by atoms with Gasteiger partial charge in [-0.15, -0.1) is 0 Å². The Balaban J connectivity index is 1.68. The molecule has 2 atom stereocenters. The predicted molar refractivity (Wildman–Crippen MR) is 91.4 cm³/mol. The molecule has 1 saturated heterocycles. The zero-order chi connectivity index (χ0) is 15.4. The van der Waals surface area contributed by atoms with E-state index in [2.05, 4.69) is 28.2 Å². The average molecular weight is 303 g/mol. The molecule has 0 aromatic carbocycles. The largest absolute Gasteiger partial charge is 0.393 e. The highest BCUT2D eigenvalue weighted by Gasteiger charge is 2.24. The third kappa shape index (κ3) is 3.72. The Morgan fingerprint density at radius 1 is 1.27 bits per heavy atom. The van der Waals surface area contributed by atoms with Crippen LogP contribution in [0, 0.1) is 5.92 Å². The lowest BCUT2D eigenvalue weighted by Crippen LogP contribution is -2.37. The molecule has 1 saturated carbocycles. The maximum Gasteiger partial charge on any atom is 0.151 e. The number of nitrogens with zero attached hydrogens (tertiary/aromatic N) is 2. The van der Waals surface area contributed by atoms with Crippen LogP contribution in [0.1, 0.15) is 51.9 Å². The summed E-state index contributed by atoms with van der Waals surface area (Å²) in [5.41, 5.74) is 1.17. The van der Waals surface area contributed by atoms with Crippen LogP contribution < -0.4 is 10.2 Å². The van der Waals surface area contributed by atoms with Gasteiger partial charge >= 0.3 is 0 Å². The van der Waals surface area contributed by atoms with Crippen LogP contribution in [0.25, 0.3) is 0 Å². The second-order valence-corrected chi connectivity index (χ2v) is 6.87. The standard InChI is InChI=1S/C18H29N3O/c1-2-14-5-3-6-15(13-14)20-17-7-4-10-19-18(17)21-11-8-16(22)9-12-21/h4,7,10,14-16,20,22H,2-3,5-6,8-9,11-13H2,1H3. The van der Waals surface area contributed by atoms with E-state index in [1.807, 2.05) is 12.3 Å². The smallest absolute Gasteiger partial charge is 0.151 e. The Hall–Kier alpha value is -1.29. The monoisotopic (exact) mass is 303 g/mol. The van der Waals surface area contributed by atoms with Crippen LogP contribution in [0.2, 0.25) is 0 Å². The molecule has 0 radical (unpaired) electrons. The van der Waals surface area contributed by atoms with Crippen molar-refractivity contribution in [2.75, 3.05) is 23.3 Å². The zero-order valence-electron chi connectivity index (χ0n) is 13.7. The van der Waals surface area contributed by atoms with E-state index in [4.69, 9.17) is 0 Å². The first-order valence-electron chi connectivity index (χ1n) is 8.90. The summed E-state index contributed by atoms with van der Waals surface area (Å²) in [6.07, 6.45) is 9.99. The van der Waals surface area contributed by atoms with Crippen LogP contribution in [0.5, 0.6) is 0 Å². The Labute approximate surface area is 133 Å². The Morgan fingerprint density at radius 3 is 2.86 bits per heavy atom. The van der Waals surface area contributed by atoms with Crippen molar-refractivity contribution in [1.82, 2.24) is 4.98 Å². The number of aromatic nitrogens is 1. The number of piperidine rings is 1. The van der Waals surface area contributed by atoms with Gasteiger partial charge in [-0.3, -0.25) is 0 Å². The van der Waals surface area contributed by atoms with Crippen LogP contribution >= 0.6 is 0 Å². The highest BCUT2D eigenvalue weighted by molar-refractivity contribution is 5.66. The number of anilines is 2. The molecule has 2 heterocycles. The van der Waals surface area contributed by atoms with Gasteiger partial charge in [0.15, 0.2) is 5.82 Å². The number of nitrogens with one attached hydrogen (secondary N) is 1. The second-order valence-electron chi connectivity index (χ2n) is 6.87. The first kappa shape index (κ1) is 15.6. The Morgan fingerprint density at radius 2 is 2.09 bits per heavy atom. The van der Waals surface area contributed by atoms with Gasteiger partial charge in [-0.1, -0.05) is 26.2 Å². The molecule has 1 aliphatic heterocycles. The predicted octanol–water partition coefficient (Wildman–Crippen LogP) is 3.42. The van der Waals surface area contributed by atoms with E-state index in [0.29, 0.717) is 6.04 Å². The summed E-state index contributed by atoms with van der Waals surface area (Å²) in [5.74, 6) is 1.93. The van der Waals surface area contributed by atoms with E-state index in [1.165, 1.54) is 37.8 Å². The molecular weight excluding hydrogens is 274 g/mol. The normalized spacial score (nSPS) is 26.9. The molecule has 4 heteroatoms. The van der Waals surface area contributed by atoms with Crippen molar-refractivity contribution in [2.24, 2.45) is 5.92 Å². The Bertz CT molecular complexity index is 471. The Kier molecular flexibility index (Phi) is 5.19. The van der Waals surface area contributed by atoms with Crippen LogP contribution in [0.15, 0.2) is 18.3 Å². The van der Waals surface area contributed by atoms with Gasteiger partial charge in [0.05, 0.1) is 11.8 Å². The van der Waals surface area contributed by atoms with Crippen molar-refractivity contribution < 1.29 is 5.11 Å². The number of hydrogen-bond acceptors (Lipinski definition) is 4. The summed E-state index contributed by atoms with van der Waals surface area (Å²) in [6, 6.07) is 4.75. The molecule has 1 aromatic heterocycles. The molecule has 0 bridgehead atoms. The van der Waals surface area contributed by atoms with Gasteiger partial charge in [0.25, 0.3) is 0 Å². The van der Waals surface area contributed by atoms with Crippen molar-refractivity contribution in [3.63, 3.8) is 0 Å². The van der Waals surface area contributed by atoms with Gasteiger partial charge in [0.1, 0.15) is 0 Å². The van der Waals surface area contributed by atoms with Crippen LogP contribution in [0.3, 0.4) is 0 Å². The van der Waals surface area contributed by atoms with E-state index in [-0.39, 0.29) is 6.10 Å². The summed E-state index contributed by atoms with van der Waals surface area (Å²) in [5, 5.41) is 13.5. The average Bonchev–Trinajstić information content (AvgIpc) is 2.56. The molecule has 22 heavy (non-hydrogen) atoms. The molecule has 1 aliphatic carbocycles. The van der Waals surface area contributed by atoms with Crippen LogP contribution in [0.4, 0.5) is 11.5 Å². The summed E-state index contributed by atoms with van der Waals surface area (Å²) < 4.78 is 0. The maximum absolute atomic E-state index is 9.70. The lowest BCUT2D eigenvalue weighted by Gasteiger charge is -2.34. The molecule has 122 valence electrons. The van der Waals surface area contributed by atoms with Crippen LogP contribution in [-0.4, -0.2) is 35.3 Å². The highest BCUT2D eigenvalue weighted by atomic mass is 16.3. The van der Waals surface area contributed by atoms with Gasteiger partial charge in [0.2, 0.25) is 0 Å². The molecule has 3 rings (SSSR count). The van der Waals surface area contributed by atoms with Gasteiger partial charge in [0, 0.05) is 25.3 Å². The number of aliphatic hydroxyl groups excluding tert-OH is 1. The fraction of sp³-hybridized carbons (Fsp3) is 0.722. The van der Waals surface area contributed by atoms with Gasteiger partial charge in [-0.05, 0) is 43.7 Å². The second kappa shape index (κ2) is 7.32. The molecule has 0 spiro atoms. The van der Waals surface area contributed by atoms with E-state index in [1.54, 1.807) is 0 Å². The van der Waals surface area contributed by atoms with Gasteiger partial charge in [-0.25, -0.2) is 4.98 Å². The third-order valence-electron chi connectivity index (χ3n) is 5.27. The summed E-state index contributed by atoms with van der Waals surface area (Å²) >= 11 is 0. The molecule has 2 unspecified atom stereocenters. The third-order valence-corrected chi connectivity index (χ3v) is 5.27. The molecule has 2 fully saturated rings. The van der Waals surface area contributed by atoms with E-state index in [0.717, 1.165) is 37.7 Å². The van der Waals surface area contributed by atoms with E-state index < -0.39 is 0 Å². The quantitative estimate of drug-likeness (QED) is 0.895. The van der Waals surface area contributed by atoms with Crippen molar-refractivity contribution in [3.8, 4) is 0 Å². The SMILES string of the molecule is CCC1CCCC(Nc2cccnc2N2CCC(O)CC2)C1. The molecule has 2 N–H and O–H groups in total. The summed E-state index contributed by atoms with van der Waals surface area (Å²) in [6.45, 7) is 4.10. The molecular formula is C18H29N3O. The molecule has 1 aromatic rings. The minimum Gasteiger partial charge on any atom is -0.393 e. The fourth-order valence-corrected chi connectivity index (χ4v) is 3.85. The number of pyridine rings is 1. The highest BCUT2D eigenvalue weighted by Crippen LogP contribution is 2.32. The lowest BCUT2D eigenvalue weighted by molar-refractivity contribution is 0.145. The first-order chi connectivity index (χ1) is 10.8. The van der Waals surface area contributed by atoms with Crippen molar-refractivity contribution in [3.05, 3.63) is 18.3 Å². The topological polar surface area (TPSA) is 48.4 Å². The van der Waals surface area contributed by atoms with Gasteiger partial charge < -0.3 is 15.3 Å². The minimum atomic E-state index is -0.139. The van der Waals surface area contributed by atoms with Gasteiger partial charge in [-0.2, -0.15) is 0 Å². The summed E-state index contributed by atoms with van der Waals surface area (Å²) in [7, 11) is 0. The van der Waals surface area contributed by atoms with Crippen molar-refractivity contribution >= 4 is 11.5 Å². The van der Waals surface area contributed by atoms with E-state index >= 15 is 0 Å². The number of aliphatic hydroxyl groups is 1. The fourth-order valence-electron chi connectivity index (χ4n) is 3.85. The van der Waals surface area contributed by atoms with E-state index in [9.17, 15) is 5.11 Å². The summed E-state index contributed by atoms with van der Waals surface area (Å²) in [4.78, 5) is 6.93. The van der Waals surface area contributed by atoms with Crippen LogP contribution in [-0.2, 0) is 0 Å². The molecule has 4 nitrogen and oxygen atoms in total. The number of rotatable bonds is 4. The maximum atomic E-state index is 9.70. The molecule has 2 aliphatic rings. The lowest BCUT2D eigenvalue weighted by atomic mass is 9.84. The minimum absolute atomic E-state index is 0.139. The zero-order valence-corrected chi connectivity index (χ0v) is 13.7. The first-order valence-corrected chi connectivity index (χ1v) is 8.90. The van der Waals surface area contributed by atoms with Crippen molar-refractivity contribution in [1.29, 1.82) is 0 Å². The van der Waals surface area contributed by atoms with Crippen molar-refractivity contribution in [2.45, 2.75) is 64.0 Å². The molecule has 0 amide bonds. The number of hydrogen-bond donors (Lipinski definition) is 2.